The normalized spacial score (nSPS) is 15.6. The Morgan fingerprint density at radius 2 is 2.11 bits per heavy atom. The first-order chi connectivity index (χ1) is 8.74. The van der Waals surface area contributed by atoms with Crippen molar-refractivity contribution in [2.24, 2.45) is 0 Å². The van der Waals surface area contributed by atoms with Gasteiger partial charge in [-0.05, 0) is 12.1 Å². The molecule has 1 saturated heterocycles. The van der Waals surface area contributed by atoms with Gasteiger partial charge >= 0.3 is 0 Å². The first-order valence-electron chi connectivity index (χ1n) is 5.98. The molecule has 6 nitrogen and oxygen atoms in total. The highest BCUT2D eigenvalue weighted by Gasteiger charge is 2.30. The van der Waals surface area contributed by atoms with E-state index in [1.165, 1.54) is 0 Å². The Morgan fingerprint density at radius 3 is 2.78 bits per heavy atom. The van der Waals surface area contributed by atoms with Gasteiger partial charge in [-0.15, -0.1) is 0 Å². The Labute approximate surface area is 106 Å². The van der Waals surface area contributed by atoms with Crippen molar-refractivity contribution in [1.82, 2.24) is 19.7 Å². The molecule has 3 heterocycles. The third-order valence-corrected chi connectivity index (χ3v) is 3.13. The average molecular weight is 244 g/mol. The number of hydrogen-bond donors (Lipinski definition) is 0. The van der Waals surface area contributed by atoms with E-state index < -0.39 is 0 Å². The lowest BCUT2D eigenvalue weighted by molar-refractivity contribution is 0.363. The van der Waals surface area contributed by atoms with E-state index in [1.807, 2.05) is 48.2 Å². The van der Waals surface area contributed by atoms with Crippen molar-refractivity contribution < 1.29 is 0 Å². The topological polar surface area (TPSA) is 50.1 Å². The van der Waals surface area contributed by atoms with Gasteiger partial charge in [-0.3, -0.25) is 4.68 Å². The molecule has 0 aromatic carbocycles. The van der Waals surface area contributed by atoms with Crippen molar-refractivity contribution >= 4 is 11.8 Å². The molecule has 1 aliphatic rings. The molecular weight excluding hydrogens is 228 g/mol. The quantitative estimate of drug-likeness (QED) is 0.799. The third-order valence-electron chi connectivity index (χ3n) is 3.13. The fraction of sp³-hybridized carbons (Fsp3) is 0.417. The Hall–Kier alpha value is -2.11. The van der Waals surface area contributed by atoms with Gasteiger partial charge in [0.1, 0.15) is 5.82 Å². The lowest BCUT2D eigenvalue weighted by Crippen LogP contribution is -2.48. The van der Waals surface area contributed by atoms with Gasteiger partial charge < -0.3 is 9.80 Å². The minimum atomic E-state index is 0.437. The van der Waals surface area contributed by atoms with Crippen molar-refractivity contribution in [1.29, 1.82) is 0 Å². The predicted octanol–water partition coefficient (Wildman–Crippen LogP) is 0.800. The maximum Gasteiger partial charge on any atom is 0.227 e. The molecule has 0 atom stereocenters. The maximum atomic E-state index is 4.52. The van der Waals surface area contributed by atoms with Crippen LogP contribution in [0.4, 0.5) is 11.8 Å². The van der Waals surface area contributed by atoms with Crippen LogP contribution >= 0.6 is 0 Å². The van der Waals surface area contributed by atoms with Crippen LogP contribution in [-0.2, 0) is 0 Å². The summed E-state index contributed by atoms with van der Waals surface area (Å²) in [6.45, 7) is 1.83. The summed E-state index contributed by atoms with van der Waals surface area (Å²) in [5, 5.41) is 4.25. The summed E-state index contributed by atoms with van der Waals surface area (Å²) >= 11 is 0. The highest BCUT2D eigenvalue weighted by molar-refractivity contribution is 5.44. The van der Waals surface area contributed by atoms with Crippen LogP contribution in [0.25, 0.3) is 0 Å². The Balaban J connectivity index is 1.69. The molecule has 6 heteroatoms. The van der Waals surface area contributed by atoms with E-state index in [9.17, 15) is 0 Å². The van der Waals surface area contributed by atoms with Crippen molar-refractivity contribution in [3.05, 3.63) is 30.7 Å². The maximum absolute atomic E-state index is 4.52. The molecule has 0 N–H and O–H groups in total. The summed E-state index contributed by atoms with van der Waals surface area (Å²) in [7, 11) is 3.96. The molecule has 0 unspecified atom stereocenters. The molecule has 0 saturated carbocycles. The largest absolute Gasteiger partial charge is 0.363 e. The summed E-state index contributed by atoms with van der Waals surface area (Å²) < 4.78 is 1.99. The molecule has 1 aliphatic heterocycles. The van der Waals surface area contributed by atoms with E-state index in [-0.39, 0.29) is 0 Å². The van der Waals surface area contributed by atoms with Crippen LogP contribution in [0, 0.1) is 0 Å². The van der Waals surface area contributed by atoms with E-state index in [0.717, 1.165) is 24.9 Å². The van der Waals surface area contributed by atoms with Crippen LogP contribution in [-0.4, -0.2) is 46.9 Å². The van der Waals surface area contributed by atoms with Gasteiger partial charge in [-0.25, -0.2) is 4.98 Å². The first-order valence-corrected chi connectivity index (χ1v) is 5.98. The van der Waals surface area contributed by atoms with Crippen LogP contribution in [0.2, 0.25) is 0 Å². The zero-order valence-corrected chi connectivity index (χ0v) is 10.6. The third kappa shape index (κ3) is 1.90. The molecule has 0 bridgehead atoms. The van der Waals surface area contributed by atoms with Gasteiger partial charge in [0.25, 0.3) is 0 Å². The minimum Gasteiger partial charge on any atom is -0.363 e. The molecule has 2 aromatic rings. The standard InChI is InChI=1S/C12H16N6/c1-16(2)11-4-6-13-12(15-11)17-8-10(9-17)18-7-3-5-14-18/h3-7,10H,8-9H2,1-2H3. The van der Waals surface area contributed by atoms with Crippen molar-refractivity contribution in [2.75, 3.05) is 37.0 Å². The summed E-state index contributed by atoms with van der Waals surface area (Å²) in [5.41, 5.74) is 0. The van der Waals surface area contributed by atoms with Crippen molar-refractivity contribution in [3.63, 3.8) is 0 Å². The molecule has 2 aromatic heterocycles. The fourth-order valence-corrected chi connectivity index (χ4v) is 2.02. The highest BCUT2D eigenvalue weighted by Crippen LogP contribution is 2.25. The van der Waals surface area contributed by atoms with Gasteiger partial charge in [0.05, 0.1) is 6.04 Å². The Bertz CT molecular complexity index is 515. The average Bonchev–Trinajstić information content (AvgIpc) is 2.81. The van der Waals surface area contributed by atoms with E-state index in [2.05, 4.69) is 20.0 Å². The summed E-state index contributed by atoms with van der Waals surface area (Å²) in [4.78, 5) is 13.0. The van der Waals surface area contributed by atoms with E-state index in [1.54, 1.807) is 6.20 Å². The molecule has 0 radical (unpaired) electrons. The molecule has 1 fully saturated rings. The molecule has 0 aliphatic carbocycles. The van der Waals surface area contributed by atoms with E-state index >= 15 is 0 Å². The summed E-state index contributed by atoms with van der Waals surface area (Å²) in [5.74, 6) is 1.73. The fourth-order valence-electron chi connectivity index (χ4n) is 2.02. The van der Waals surface area contributed by atoms with Crippen LogP contribution < -0.4 is 9.80 Å². The molecule has 0 spiro atoms. The molecule has 94 valence electrons. The minimum absolute atomic E-state index is 0.437. The van der Waals surface area contributed by atoms with Crippen molar-refractivity contribution in [2.45, 2.75) is 6.04 Å². The van der Waals surface area contributed by atoms with Crippen molar-refractivity contribution in [3.8, 4) is 0 Å². The molecule has 3 rings (SSSR count). The Kier molecular flexibility index (Phi) is 2.62. The molecular formula is C12H16N6. The Morgan fingerprint density at radius 1 is 1.28 bits per heavy atom. The lowest BCUT2D eigenvalue weighted by atomic mass is 10.1. The van der Waals surface area contributed by atoms with Gasteiger partial charge in [0.15, 0.2) is 0 Å². The zero-order chi connectivity index (χ0) is 12.5. The SMILES string of the molecule is CN(C)c1ccnc(N2CC(n3cccn3)C2)n1. The number of anilines is 2. The summed E-state index contributed by atoms with van der Waals surface area (Å²) in [6, 6.07) is 4.30. The van der Waals surface area contributed by atoms with Gasteiger partial charge in [0.2, 0.25) is 5.95 Å². The van der Waals surface area contributed by atoms with E-state index in [4.69, 9.17) is 0 Å². The van der Waals surface area contributed by atoms with Crippen LogP contribution in [0.5, 0.6) is 0 Å². The lowest BCUT2D eigenvalue weighted by Gasteiger charge is -2.39. The highest BCUT2D eigenvalue weighted by atomic mass is 15.4. The number of aromatic nitrogens is 4. The summed E-state index contributed by atoms with van der Waals surface area (Å²) in [6.07, 6.45) is 5.61. The van der Waals surface area contributed by atoms with Crippen LogP contribution in [0.1, 0.15) is 6.04 Å². The first kappa shape index (κ1) is 11.0. The number of rotatable bonds is 3. The second-order valence-corrected chi connectivity index (χ2v) is 4.65. The second kappa shape index (κ2) is 4.29. The predicted molar refractivity (Wildman–Crippen MR) is 69.8 cm³/mol. The van der Waals surface area contributed by atoms with Gasteiger partial charge in [-0.2, -0.15) is 10.1 Å². The van der Waals surface area contributed by atoms with Gasteiger partial charge in [0, 0.05) is 45.8 Å². The number of nitrogens with zero attached hydrogens (tertiary/aromatic N) is 6. The van der Waals surface area contributed by atoms with Gasteiger partial charge in [-0.1, -0.05) is 0 Å². The zero-order valence-electron chi connectivity index (χ0n) is 10.6. The van der Waals surface area contributed by atoms with Crippen LogP contribution in [0.3, 0.4) is 0 Å². The van der Waals surface area contributed by atoms with E-state index in [0.29, 0.717) is 6.04 Å². The smallest absolute Gasteiger partial charge is 0.227 e. The number of hydrogen-bond acceptors (Lipinski definition) is 5. The second-order valence-electron chi connectivity index (χ2n) is 4.65. The molecule has 18 heavy (non-hydrogen) atoms. The monoisotopic (exact) mass is 244 g/mol. The molecule has 0 amide bonds. The van der Waals surface area contributed by atoms with Crippen LogP contribution in [0.15, 0.2) is 30.7 Å².